The molecule has 0 heterocycles. The number of hydrogen-bond acceptors (Lipinski definition) is 7. The highest BCUT2D eigenvalue weighted by atomic mass is 16.6. The molecule has 0 aliphatic heterocycles. The first kappa shape index (κ1) is 20.2. The third kappa shape index (κ3) is 4.95. The topological polar surface area (TPSA) is 93.9 Å². The molecule has 0 radical (unpaired) electrons. The number of nitro benzene ring substituents is 1. The van der Waals surface area contributed by atoms with E-state index in [0.29, 0.717) is 12.2 Å². The Kier molecular flexibility index (Phi) is 6.73. The summed E-state index contributed by atoms with van der Waals surface area (Å²) in [4.78, 5) is 24.5. The highest BCUT2D eigenvalue weighted by molar-refractivity contribution is 5.96. The minimum atomic E-state index is -0.632. The second-order valence-corrected chi connectivity index (χ2v) is 6.11. The minimum Gasteiger partial charge on any atom is -0.497 e. The smallest absolute Gasteiger partial charge is 0.340 e. The molecule has 0 aliphatic rings. The molecular weight excluding hydrogens is 350 g/mol. The third-order valence-corrected chi connectivity index (χ3v) is 4.23. The number of esters is 1. The molecule has 27 heavy (non-hydrogen) atoms. The fourth-order valence-electron chi connectivity index (χ4n) is 2.71. The van der Waals surface area contributed by atoms with E-state index in [2.05, 4.69) is 5.32 Å². The lowest BCUT2D eigenvalue weighted by atomic mass is 10.0. The first-order valence-electron chi connectivity index (χ1n) is 8.28. The first-order chi connectivity index (χ1) is 12.9. The van der Waals surface area contributed by atoms with Gasteiger partial charge in [-0.2, -0.15) is 0 Å². The van der Waals surface area contributed by atoms with Crippen molar-refractivity contribution < 1.29 is 19.2 Å². The lowest BCUT2D eigenvalue weighted by Gasteiger charge is -2.26. The number of rotatable bonds is 8. The summed E-state index contributed by atoms with van der Waals surface area (Å²) in [6.45, 7) is 0.487. The SMILES string of the molecule is COC(=O)c1cc([N+](=O)[O-])ccc1NCC(c1ccc(OC)cc1)N(C)C. The molecule has 1 atom stereocenters. The van der Waals surface area contributed by atoms with Crippen molar-refractivity contribution in [3.63, 3.8) is 0 Å². The van der Waals surface area contributed by atoms with Crippen molar-refractivity contribution in [2.45, 2.75) is 6.04 Å². The van der Waals surface area contributed by atoms with Crippen LogP contribution in [-0.2, 0) is 4.74 Å². The third-order valence-electron chi connectivity index (χ3n) is 4.23. The monoisotopic (exact) mass is 373 g/mol. The molecular formula is C19H23N3O5. The molecule has 8 nitrogen and oxygen atoms in total. The molecule has 2 aromatic rings. The molecule has 8 heteroatoms. The summed E-state index contributed by atoms with van der Waals surface area (Å²) in [5, 5.41) is 14.2. The van der Waals surface area contributed by atoms with Crippen molar-refractivity contribution >= 4 is 17.3 Å². The Morgan fingerprint density at radius 3 is 2.37 bits per heavy atom. The van der Waals surface area contributed by atoms with Gasteiger partial charge in [-0.3, -0.25) is 10.1 Å². The van der Waals surface area contributed by atoms with Crippen LogP contribution in [0.1, 0.15) is 22.0 Å². The quantitative estimate of drug-likeness (QED) is 0.432. The van der Waals surface area contributed by atoms with Crippen molar-refractivity contribution in [3.8, 4) is 5.75 Å². The van der Waals surface area contributed by atoms with Gasteiger partial charge in [0.25, 0.3) is 5.69 Å². The number of methoxy groups -OCH3 is 2. The number of ether oxygens (including phenoxy) is 2. The van der Waals surface area contributed by atoms with E-state index in [1.807, 2.05) is 43.3 Å². The van der Waals surface area contributed by atoms with Crippen LogP contribution in [0.25, 0.3) is 0 Å². The van der Waals surface area contributed by atoms with Gasteiger partial charge in [-0.25, -0.2) is 4.79 Å². The van der Waals surface area contributed by atoms with Gasteiger partial charge in [-0.05, 0) is 37.9 Å². The highest BCUT2D eigenvalue weighted by Crippen LogP contribution is 2.26. The van der Waals surface area contributed by atoms with Gasteiger partial charge in [0.05, 0.1) is 30.7 Å². The summed E-state index contributed by atoms with van der Waals surface area (Å²) in [6.07, 6.45) is 0. The second-order valence-electron chi connectivity index (χ2n) is 6.11. The standard InChI is InChI=1S/C19H23N3O5/c1-21(2)18(13-5-8-15(26-3)9-6-13)12-20-17-10-7-14(22(24)25)11-16(17)19(23)27-4/h5-11,18,20H,12H2,1-4H3. The molecule has 2 rings (SSSR count). The molecule has 144 valence electrons. The zero-order valence-electron chi connectivity index (χ0n) is 15.8. The molecule has 0 spiro atoms. The van der Waals surface area contributed by atoms with Crippen LogP contribution in [0.4, 0.5) is 11.4 Å². The highest BCUT2D eigenvalue weighted by Gasteiger charge is 2.19. The summed E-state index contributed by atoms with van der Waals surface area (Å²) in [7, 11) is 6.76. The predicted octanol–water partition coefficient (Wildman–Crippen LogP) is 3.10. The van der Waals surface area contributed by atoms with Crippen LogP contribution >= 0.6 is 0 Å². The summed E-state index contributed by atoms with van der Waals surface area (Å²) in [5.41, 5.74) is 1.50. The van der Waals surface area contributed by atoms with Gasteiger partial charge in [-0.1, -0.05) is 12.1 Å². The Labute approximate surface area is 157 Å². The second kappa shape index (κ2) is 9.00. The van der Waals surface area contributed by atoms with Crippen molar-refractivity contribution in [3.05, 3.63) is 63.7 Å². The Bertz CT molecular complexity index is 805. The number of anilines is 1. The first-order valence-corrected chi connectivity index (χ1v) is 8.28. The molecule has 0 fully saturated rings. The summed E-state index contributed by atoms with van der Waals surface area (Å²) < 4.78 is 9.94. The van der Waals surface area contributed by atoms with Crippen molar-refractivity contribution in [2.24, 2.45) is 0 Å². The Morgan fingerprint density at radius 1 is 1.19 bits per heavy atom. The number of carbonyl (C=O) groups excluding carboxylic acids is 1. The van der Waals surface area contributed by atoms with Gasteiger partial charge in [0.2, 0.25) is 0 Å². The number of nitrogens with zero attached hydrogens (tertiary/aromatic N) is 2. The summed E-state index contributed by atoms with van der Waals surface area (Å²) in [6, 6.07) is 11.8. The molecule has 0 saturated carbocycles. The molecule has 1 N–H and O–H groups in total. The fourth-order valence-corrected chi connectivity index (χ4v) is 2.71. The van der Waals surface area contributed by atoms with E-state index in [1.54, 1.807) is 7.11 Å². The molecule has 0 aliphatic carbocycles. The number of benzene rings is 2. The number of carbonyl (C=O) groups is 1. The maximum absolute atomic E-state index is 12.0. The van der Waals surface area contributed by atoms with Crippen LogP contribution in [0.3, 0.4) is 0 Å². The zero-order valence-corrected chi connectivity index (χ0v) is 15.8. The fraction of sp³-hybridized carbons (Fsp3) is 0.316. The normalized spacial score (nSPS) is 11.7. The largest absolute Gasteiger partial charge is 0.497 e. The van der Waals surface area contributed by atoms with E-state index in [0.717, 1.165) is 11.3 Å². The molecule has 0 amide bonds. The Balaban J connectivity index is 2.25. The molecule has 2 aromatic carbocycles. The van der Waals surface area contributed by atoms with Gasteiger partial charge < -0.3 is 19.7 Å². The van der Waals surface area contributed by atoms with E-state index in [4.69, 9.17) is 9.47 Å². The maximum Gasteiger partial charge on any atom is 0.340 e. The number of non-ortho nitro benzene ring substituents is 1. The molecule has 1 unspecified atom stereocenters. The average molecular weight is 373 g/mol. The van der Waals surface area contributed by atoms with Crippen molar-refractivity contribution in [1.29, 1.82) is 0 Å². The number of likely N-dealkylation sites (N-methyl/N-ethyl adjacent to an activating group) is 1. The van der Waals surface area contributed by atoms with Gasteiger partial charge in [0.1, 0.15) is 5.75 Å². The summed E-state index contributed by atoms with van der Waals surface area (Å²) in [5.74, 6) is 0.139. The van der Waals surface area contributed by atoms with Crippen LogP contribution in [0, 0.1) is 10.1 Å². The number of hydrogen-bond donors (Lipinski definition) is 1. The lowest BCUT2D eigenvalue weighted by molar-refractivity contribution is -0.384. The van der Waals surface area contributed by atoms with E-state index < -0.39 is 10.9 Å². The molecule has 0 saturated heterocycles. The number of nitro groups is 1. The lowest BCUT2D eigenvalue weighted by Crippen LogP contribution is -2.27. The van der Waals surface area contributed by atoms with Crippen molar-refractivity contribution in [2.75, 3.05) is 40.2 Å². The average Bonchev–Trinajstić information content (AvgIpc) is 2.67. The van der Waals surface area contributed by atoms with Crippen LogP contribution < -0.4 is 10.1 Å². The van der Waals surface area contributed by atoms with Gasteiger partial charge in [-0.15, -0.1) is 0 Å². The summed E-state index contributed by atoms with van der Waals surface area (Å²) >= 11 is 0. The van der Waals surface area contributed by atoms with Gasteiger partial charge in [0.15, 0.2) is 0 Å². The van der Waals surface area contributed by atoms with E-state index >= 15 is 0 Å². The van der Waals surface area contributed by atoms with Crippen molar-refractivity contribution in [1.82, 2.24) is 4.90 Å². The van der Waals surface area contributed by atoms with Crippen LogP contribution in [0.2, 0.25) is 0 Å². The van der Waals surface area contributed by atoms with Gasteiger partial charge >= 0.3 is 5.97 Å². The van der Waals surface area contributed by atoms with Crippen LogP contribution in [0.15, 0.2) is 42.5 Å². The number of nitrogens with one attached hydrogen (secondary N) is 1. The van der Waals surface area contributed by atoms with E-state index in [-0.39, 0.29) is 17.3 Å². The minimum absolute atomic E-state index is 0.0107. The van der Waals surface area contributed by atoms with Gasteiger partial charge in [0, 0.05) is 24.4 Å². The Morgan fingerprint density at radius 2 is 1.85 bits per heavy atom. The van der Waals surface area contributed by atoms with E-state index in [1.165, 1.54) is 25.3 Å². The zero-order chi connectivity index (χ0) is 20.0. The van der Waals surface area contributed by atoms with E-state index in [9.17, 15) is 14.9 Å². The molecule has 0 bridgehead atoms. The van der Waals surface area contributed by atoms with Crippen LogP contribution in [-0.4, -0.2) is 50.7 Å². The van der Waals surface area contributed by atoms with Crippen LogP contribution in [0.5, 0.6) is 5.75 Å². The Hall–Kier alpha value is -3.13. The maximum atomic E-state index is 12.0. The predicted molar refractivity (Wildman–Crippen MR) is 102 cm³/mol. The molecule has 0 aromatic heterocycles.